The van der Waals surface area contributed by atoms with Crippen LogP contribution in [0, 0.1) is 6.92 Å². The summed E-state index contributed by atoms with van der Waals surface area (Å²) in [5, 5.41) is 0. The van der Waals surface area contributed by atoms with Crippen molar-refractivity contribution in [1.82, 2.24) is 15.0 Å². The van der Waals surface area contributed by atoms with Crippen LogP contribution in [-0.2, 0) is 0 Å². The Morgan fingerprint density at radius 3 is 2.18 bits per heavy atom. The maximum absolute atomic E-state index is 4.91. The molecule has 28 heavy (non-hydrogen) atoms. The van der Waals surface area contributed by atoms with Gasteiger partial charge < -0.3 is 14.7 Å². The van der Waals surface area contributed by atoms with Crippen LogP contribution in [-0.4, -0.2) is 47.7 Å². The summed E-state index contributed by atoms with van der Waals surface area (Å²) in [7, 11) is 0. The molecule has 0 atom stereocenters. The van der Waals surface area contributed by atoms with Gasteiger partial charge in [-0.2, -0.15) is 4.98 Å². The van der Waals surface area contributed by atoms with E-state index in [2.05, 4.69) is 50.9 Å². The summed E-state index contributed by atoms with van der Waals surface area (Å²) in [6, 6.07) is 18.5. The van der Waals surface area contributed by atoms with Gasteiger partial charge in [0, 0.05) is 56.4 Å². The Morgan fingerprint density at radius 1 is 0.857 bits per heavy atom. The van der Waals surface area contributed by atoms with Crippen LogP contribution >= 0.6 is 0 Å². The highest BCUT2D eigenvalue weighted by Gasteiger charge is 2.21. The number of piperazine rings is 1. The predicted molar refractivity (Wildman–Crippen MR) is 115 cm³/mol. The number of pyridine rings is 1. The van der Waals surface area contributed by atoms with Crippen LogP contribution < -0.4 is 14.7 Å². The van der Waals surface area contributed by atoms with Gasteiger partial charge in [-0.1, -0.05) is 24.3 Å². The van der Waals surface area contributed by atoms with E-state index in [0.717, 1.165) is 61.7 Å². The summed E-state index contributed by atoms with van der Waals surface area (Å²) < 4.78 is 0. The molecular weight excluding hydrogens is 348 g/mol. The molecule has 6 nitrogen and oxygen atoms in total. The number of rotatable bonds is 5. The molecule has 0 spiro atoms. The van der Waals surface area contributed by atoms with Crippen molar-refractivity contribution < 1.29 is 0 Å². The molecule has 1 fully saturated rings. The first kappa shape index (κ1) is 18.2. The minimum absolute atomic E-state index is 0.760. The average Bonchev–Trinajstić information content (AvgIpc) is 2.75. The quantitative estimate of drug-likeness (QED) is 0.679. The van der Waals surface area contributed by atoms with Crippen molar-refractivity contribution in [2.75, 3.05) is 47.4 Å². The molecule has 3 heterocycles. The average molecular weight is 374 g/mol. The third-order valence-electron chi connectivity index (χ3n) is 5.03. The second-order valence-corrected chi connectivity index (χ2v) is 6.91. The van der Waals surface area contributed by atoms with Crippen LogP contribution in [0.5, 0.6) is 0 Å². The third kappa shape index (κ3) is 3.91. The van der Waals surface area contributed by atoms with E-state index in [9.17, 15) is 0 Å². The molecule has 3 aromatic rings. The summed E-state index contributed by atoms with van der Waals surface area (Å²) >= 11 is 0. The van der Waals surface area contributed by atoms with Crippen LogP contribution in [0.15, 0.2) is 60.8 Å². The van der Waals surface area contributed by atoms with Crippen LogP contribution in [0.1, 0.15) is 12.6 Å². The normalized spacial score (nSPS) is 14.2. The number of hydrogen-bond donors (Lipinski definition) is 0. The number of aryl methyl sites for hydroxylation is 1. The number of aromatic nitrogens is 3. The zero-order valence-electron chi connectivity index (χ0n) is 16.5. The fraction of sp³-hybridized carbons (Fsp3) is 0.318. The Labute approximate surface area is 166 Å². The lowest BCUT2D eigenvalue weighted by atomic mass is 10.2. The van der Waals surface area contributed by atoms with Crippen molar-refractivity contribution in [3.8, 4) is 0 Å². The first-order valence-corrected chi connectivity index (χ1v) is 9.84. The molecule has 0 radical (unpaired) electrons. The van der Waals surface area contributed by atoms with E-state index in [0.29, 0.717) is 0 Å². The monoisotopic (exact) mass is 374 g/mol. The summed E-state index contributed by atoms with van der Waals surface area (Å²) in [6.45, 7) is 8.70. The SMILES string of the molecule is CCN(c1ccccc1)c1nc(C)cc(N2CCN(c3ccccn3)CC2)n1. The van der Waals surface area contributed by atoms with Gasteiger partial charge in [0.25, 0.3) is 0 Å². The van der Waals surface area contributed by atoms with Gasteiger partial charge in [0.15, 0.2) is 0 Å². The molecule has 1 aliphatic heterocycles. The van der Waals surface area contributed by atoms with Gasteiger partial charge in [0.05, 0.1) is 0 Å². The fourth-order valence-corrected chi connectivity index (χ4v) is 3.57. The molecular formula is C22H26N6. The molecule has 0 N–H and O–H groups in total. The minimum atomic E-state index is 0.760. The zero-order chi connectivity index (χ0) is 19.3. The van der Waals surface area contributed by atoms with Gasteiger partial charge in [-0.15, -0.1) is 0 Å². The second kappa shape index (κ2) is 8.25. The van der Waals surface area contributed by atoms with Crippen LogP contribution in [0.2, 0.25) is 0 Å². The van der Waals surface area contributed by atoms with Gasteiger partial charge >= 0.3 is 0 Å². The number of anilines is 4. The lowest BCUT2D eigenvalue weighted by molar-refractivity contribution is 0.640. The molecule has 1 aromatic carbocycles. The smallest absolute Gasteiger partial charge is 0.232 e. The standard InChI is InChI=1S/C22H26N6/c1-3-28(19-9-5-4-6-10-19)22-24-18(2)17-21(25-22)27-15-13-26(14-16-27)20-11-7-8-12-23-20/h4-12,17H,3,13-16H2,1-2H3. The number of para-hydroxylation sites is 1. The van der Waals surface area contributed by atoms with E-state index in [1.54, 1.807) is 0 Å². The highest BCUT2D eigenvalue weighted by atomic mass is 15.3. The highest BCUT2D eigenvalue weighted by molar-refractivity contribution is 5.59. The Bertz CT molecular complexity index is 891. The summed E-state index contributed by atoms with van der Waals surface area (Å²) in [4.78, 5) is 20.9. The van der Waals surface area contributed by atoms with E-state index in [4.69, 9.17) is 9.97 Å². The zero-order valence-corrected chi connectivity index (χ0v) is 16.5. The predicted octanol–water partition coefficient (Wildman–Crippen LogP) is 3.66. The van der Waals surface area contributed by atoms with Crippen molar-refractivity contribution in [3.05, 3.63) is 66.5 Å². The van der Waals surface area contributed by atoms with Gasteiger partial charge in [0.1, 0.15) is 11.6 Å². The van der Waals surface area contributed by atoms with E-state index < -0.39 is 0 Å². The Balaban J connectivity index is 1.53. The van der Waals surface area contributed by atoms with Crippen molar-refractivity contribution in [3.63, 3.8) is 0 Å². The second-order valence-electron chi connectivity index (χ2n) is 6.91. The Kier molecular flexibility index (Phi) is 5.37. The molecule has 4 rings (SSSR count). The lowest BCUT2D eigenvalue weighted by Gasteiger charge is -2.36. The van der Waals surface area contributed by atoms with E-state index in [1.807, 2.05) is 43.5 Å². The number of hydrogen-bond acceptors (Lipinski definition) is 6. The minimum Gasteiger partial charge on any atom is -0.353 e. The maximum atomic E-state index is 4.91. The van der Waals surface area contributed by atoms with Crippen molar-refractivity contribution in [2.24, 2.45) is 0 Å². The molecule has 0 aliphatic carbocycles. The highest BCUT2D eigenvalue weighted by Crippen LogP contribution is 2.25. The van der Waals surface area contributed by atoms with Gasteiger partial charge in [0.2, 0.25) is 5.95 Å². The molecule has 1 aliphatic rings. The summed E-state index contributed by atoms with van der Waals surface area (Å²) in [5.74, 6) is 2.80. The first-order valence-electron chi connectivity index (χ1n) is 9.84. The van der Waals surface area contributed by atoms with E-state index in [1.165, 1.54) is 0 Å². The van der Waals surface area contributed by atoms with E-state index >= 15 is 0 Å². The largest absolute Gasteiger partial charge is 0.353 e. The van der Waals surface area contributed by atoms with Crippen molar-refractivity contribution in [2.45, 2.75) is 13.8 Å². The van der Waals surface area contributed by atoms with Crippen LogP contribution in [0.4, 0.5) is 23.3 Å². The summed E-state index contributed by atoms with van der Waals surface area (Å²) in [6.07, 6.45) is 1.85. The molecule has 0 bridgehead atoms. The maximum Gasteiger partial charge on any atom is 0.232 e. The third-order valence-corrected chi connectivity index (χ3v) is 5.03. The van der Waals surface area contributed by atoms with Gasteiger partial charge in [-0.05, 0) is 38.1 Å². The first-order chi connectivity index (χ1) is 13.7. The fourth-order valence-electron chi connectivity index (χ4n) is 3.57. The Hall–Kier alpha value is -3.15. The molecule has 144 valence electrons. The summed E-state index contributed by atoms with van der Waals surface area (Å²) in [5.41, 5.74) is 2.10. The number of nitrogens with zero attached hydrogens (tertiary/aromatic N) is 6. The van der Waals surface area contributed by atoms with E-state index in [-0.39, 0.29) is 0 Å². The Morgan fingerprint density at radius 2 is 1.54 bits per heavy atom. The molecule has 0 saturated carbocycles. The van der Waals surface area contributed by atoms with Gasteiger partial charge in [-0.3, -0.25) is 0 Å². The molecule has 0 unspecified atom stereocenters. The van der Waals surface area contributed by atoms with Crippen molar-refractivity contribution in [1.29, 1.82) is 0 Å². The van der Waals surface area contributed by atoms with Crippen LogP contribution in [0.25, 0.3) is 0 Å². The van der Waals surface area contributed by atoms with Crippen molar-refractivity contribution >= 4 is 23.3 Å². The lowest BCUT2D eigenvalue weighted by Crippen LogP contribution is -2.47. The topological polar surface area (TPSA) is 48.4 Å². The molecule has 0 amide bonds. The number of benzene rings is 1. The molecule has 6 heteroatoms. The molecule has 2 aromatic heterocycles. The van der Waals surface area contributed by atoms with Gasteiger partial charge in [-0.25, -0.2) is 9.97 Å². The molecule has 1 saturated heterocycles. The van der Waals surface area contributed by atoms with Crippen LogP contribution in [0.3, 0.4) is 0 Å².